The number of Topliss-reactive ketones (excluding diaryl/α,β-unsaturated/α-hetero) is 1. The first-order valence-corrected chi connectivity index (χ1v) is 12.5. The minimum Gasteiger partial charge on any atom is -0.480 e. The van der Waals surface area contributed by atoms with Crippen molar-refractivity contribution in [3.05, 3.63) is 36.1 Å². The van der Waals surface area contributed by atoms with Crippen LogP contribution < -0.4 is 25.4 Å². The maximum Gasteiger partial charge on any atom is 0.412 e. The number of ketones is 1. The summed E-state index contributed by atoms with van der Waals surface area (Å²) in [4.78, 5) is 59.9. The van der Waals surface area contributed by atoms with Crippen LogP contribution >= 0.6 is 0 Å². The average molecular weight is 574 g/mol. The van der Waals surface area contributed by atoms with Gasteiger partial charge < -0.3 is 40.1 Å². The van der Waals surface area contributed by atoms with E-state index in [2.05, 4.69) is 16.0 Å². The van der Waals surface area contributed by atoms with E-state index >= 15 is 0 Å². The van der Waals surface area contributed by atoms with Crippen LogP contribution in [0.3, 0.4) is 0 Å². The van der Waals surface area contributed by atoms with Crippen LogP contribution in [0.15, 0.2) is 34.7 Å². The van der Waals surface area contributed by atoms with Crippen molar-refractivity contribution in [1.82, 2.24) is 16.0 Å². The van der Waals surface area contributed by atoms with Gasteiger partial charge in [-0.15, -0.1) is 0 Å². The summed E-state index contributed by atoms with van der Waals surface area (Å²) in [6, 6.07) is 6.36. The number of rotatable bonds is 14. The van der Waals surface area contributed by atoms with Gasteiger partial charge in [-0.1, -0.05) is 31.7 Å². The molecule has 222 valence electrons. The molecule has 1 amide bonds. The van der Waals surface area contributed by atoms with Crippen LogP contribution in [0, 0.1) is 0 Å². The lowest BCUT2D eigenvalue weighted by atomic mass is 10.0. The Morgan fingerprint density at radius 2 is 1.46 bits per heavy atom. The van der Waals surface area contributed by atoms with Gasteiger partial charge in [-0.3, -0.25) is 19.2 Å². The molecule has 0 saturated carbocycles. The van der Waals surface area contributed by atoms with Crippen molar-refractivity contribution in [2.24, 2.45) is 0 Å². The summed E-state index contributed by atoms with van der Waals surface area (Å²) in [6.45, 7) is 1.29. The Morgan fingerprint density at radius 1 is 0.878 bits per heavy atom. The number of likely N-dealkylation sites (N-methyl/N-ethyl adjacent to an activating group) is 2. The first-order chi connectivity index (χ1) is 19.1. The molecule has 0 aliphatic carbocycles. The van der Waals surface area contributed by atoms with Crippen molar-refractivity contribution in [2.75, 3.05) is 20.6 Å². The molecule has 2 atom stereocenters. The molecule has 0 saturated heterocycles. The number of amides is 1. The first-order valence-electron chi connectivity index (χ1n) is 12.5. The summed E-state index contributed by atoms with van der Waals surface area (Å²) in [6.07, 6.45) is -0.388. The van der Waals surface area contributed by atoms with Gasteiger partial charge in [0.1, 0.15) is 17.8 Å². The molecule has 3 rings (SSSR count). The fourth-order valence-corrected chi connectivity index (χ4v) is 4.10. The number of carbonyl (C=O) groups is 5. The van der Waals surface area contributed by atoms with Crippen LogP contribution in [-0.2, 0) is 14.4 Å². The Morgan fingerprint density at radius 3 is 2.02 bits per heavy atom. The summed E-state index contributed by atoms with van der Waals surface area (Å²) in [5.41, 5.74) is 0.00149. The maximum atomic E-state index is 12.8. The molecule has 1 heterocycles. The van der Waals surface area contributed by atoms with Crippen LogP contribution in [0.2, 0.25) is 0 Å². The molecule has 0 aliphatic heterocycles. The van der Waals surface area contributed by atoms with Gasteiger partial charge in [0.15, 0.2) is 22.9 Å². The van der Waals surface area contributed by atoms with Gasteiger partial charge in [-0.25, -0.2) is 4.79 Å². The first kappa shape index (κ1) is 32.7. The molecule has 41 heavy (non-hydrogen) atoms. The molecule has 0 fully saturated rings. The number of nitrogens with one attached hydrogen (secondary N) is 3. The molecule has 0 unspecified atom stereocenters. The van der Waals surface area contributed by atoms with E-state index in [-0.39, 0.29) is 67.9 Å². The van der Waals surface area contributed by atoms with Crippen molar-refractivity contribution < 1.29 is 48.1 Å². The lowest BCUT2D eigenvalue weighted by Gasteiger charge is -2.15. The number of carboxylic acid groups (broad SMARTS) is 2. The molecular formula is C28H35N3O10. The van der Waals surface area contributed by atoms with Crippen molar-refractivity contribution in [3.63, 3.8) is 0 Å². The molecule has 0 spiro atoms. The van der Waals surface area contributed by atoms with E-state index in [4.69, 9.17) is 24.1 Å². The molecule has 1 aromatic heterocycles. The Kier molecular flexibility index (Phi) is 11.8. The third kappa shape index (κ3) is 8.02. The summed E-state index contributed by atoms with van der Waals surface area (Å²) >= 11 is 0. The van der Waals surface area contributed by atoms with E-state index in [0.29, 0.717) is 10.8 Å². The van der Waals surface area contributed by atoms with Crippen LogP contribution in [0.5, 0.6) is 11.5 Å². The van der Waals surface area contributed by atoms with E-state index in [1.807, 2.05) is 0 Å². The number of furan rings is 1. The number of esters is 1. The Bertz CT molecular complexity index is 1330. The van der Waals surface area contributed by atoms with Gasteiger partial charge in [0.25, 0.3) is 0 Å². The maximum absolute atomic E-state index is 12.8. The Labute approximate surface area is 236 Å². The lowest BCUT2D eigenvalue weighted by molar-refractivity contribution is -0.140. The average Bonchev–Trinajstić information content (AvgIpc) is 3.36. The van der Waals surface area contributed by atoms with Gasteiger partial charge in [-0.05, 0) is 39.4 Å². The molecule has 0 aliphatic rings. The fraction of sp³-hybridized carbons (Fsp3) is 0.393. The normalized spacial score (nSPS) is 12.3. The quantitative estimate of drug-likeness (QED) is 0.107. The number of hydrogen-bond acceptors (Lipinski definition) is 10. The highest BCUT2D eigenvalue weighted by Crippen LogP contribution is 2.44. The summed E-state index contributed by atoms with van der Waals surface area (Å²) in [7, 11) is 3.01. The van der Waals surface area contributed by atoms with E-state index in [1.54, 1.807) is 24.3 Å². The minimum atomic E-state index is -1.06. The summed E-state index contributed by atoms with van der Waals surface area (Å²) in [5, 5.41) is 27.1. The third-order valence-corrected chi connectivity index (χ3v) is 6.23. The van der Waals surface area contributed by atoms with Gasteiger partial charge >= 0.3 is 24.0 Å². The monoisotopic (exact) mass is 573 g/mol. The predicted molar refractivity (Wildman–Crippen MR) is 150 cm³/mol. The second-order valence-electron chi connectivity index (χ2n) is 8.94. The van der Waals surface area contributed by atoms with Crippen LogP contribution in [0.1, 0.15) is 50.6 Å². The summed E-state index contributed by atoms with van der Waals surface area (Å²) in [5.74, 6) is -3.09. The van der Waals surface area contributed by atoms with Crippen molar-refractivity contribution >= 4 is 51.5 Å². The predicted octanol–water partition coefficient (Wildman–Crippen LogP) is 3.32. The zero-order valence-corrected chi connectivity index (χ0v) is 22.2. The number of benzene rings is 2. The molecular weight excluding hydrogens is 538 g/mol. The number of ether oxygens (including phenoxy) is 2. The molecule has 13 heteroatoms. The smallest absolute Gasteiger partial charge is 0.412 e. The highest BCUT2D eigenvalue weighted by atomic mass is 16.6. The number of aliphatic carboxylic acids is 2. The molecule has 3 aromatic rings. The fourth-order valence-electron chi connectivity index (χ4n) is 4.10. The number of fused-ring (bicyclic) bond motifs is 2. The van der Waals surface area contributed by atoms with Gasteiger partial charge in [0.05, 0.1) is 5.39 Å². The Hall–Kier alpha value is -4.49. The zero-order chi connectivity index (χ0) is 29.4. The standard InChI is InChI=1S/C27H31N3O10.CH4/c1-14(31)20-13-17-22(39-21(32)10-6-9-18(28-2)25(33)34)15-7-4-5-8-16(15)23(24(17)38-20)40-27(37)30-12-11-19(29-3)26(35)36;/h4-5,7-8,13,18-19,28-29H,6,9-12H2,1-3H3,(H,30,37)(H,33,34)(H,35,36);1H4/t18-,19+;/m1./s1. The molecule has 0 radical (unpaired) electrons. The van der Waals surface area contributed by atoms with Crippen LogP contribution in [0.4, 0.5) is 4.79 Å². The second kappa shape index (κ2) is 14.8. The lowest BCUT2D eigenvalue weighted by Crippen LogP contribution is -2.38. The van der Waals surface area contributed by atoms with Crippen LogP contribution in [-0.4, -0.2) is 72.7 Å². The van der Waals surface area contributed by atoms with Crippen LogP contribution in [0.25, 0.3) is 21.7 Å². The molecule has 0 bridgehead atoms. The van der Waals surface area contributed by atoms with Gasteiger partial charge in [0.2, 0.25) is 0 Å². The van der Waals surface area contributed by atoms with E-state index in [9.17, 15) is 24.0 Å². The molecule has 13 nitrogen and oxygen atoms in total. The highest BCUT2D eigenvalue weighted by molar-refractivity contribution is 6.12. The number of carboxylic acids is 2. The van der Waals surface area contributed by atoms with Gasteiger partial charge in [-0.2, -0.15) is 0 Å². The second-order valence-corrected chi connectivity index (χ2v) is 8.94. The van der Waals surface area contributed by atoms with E-state index < -0.39 is 41.9 Å². The molecule has 5 N–H and O–H groups in total. The topological polar surface area (TPSA) is 193 Å². The largest absolute Gasteiger partial charge is 0.480 e. The third-order valence-electron chi connectivity index (χ3n) is 6.23. The number of carbonyl (C=O) groups excluding carboxylic acids is 3. The SMILES string of the molecule is C.CN[C@@H](CCNC(=O)Oc1c2ccccc2c(OC(=O)CCC[C@@H](NC)C(=O)O)c2cc(C(C)=O)oc12)C(=O)O. The Balaban J connectivity index is 0.00000588. The van der Waals surface area contributed by atoms with E-state index in [0.717, 1.165) is 0 Å². The van der Waals surface area contributed by atoms with Crippen molar-refractivity contribution in [2.45, 2.75) is 52.1 Å². The van der Waals surface area contributed by atoms with Gasteiger partial charge in [0, 0.05) is 30.7 Å². The zero-order valence-electron chi connectivity index (χ0n) is 22.2. The highest BCUT2D eigenvalue weighted by Gasteiger charge is 2.25. The number of hydrogen-bond donors (Lipinski definition) is 5. The summed E-state index contributed by atoms with van der Waals surface area (Å²) < 4.78 is 17.0. The van der Waals surface area contributed by atoms with Crippen molar-refractivity contribution in [3.8, 4) is 11.5 Å². The van der Waals surface area contributed by atoms with Crippen molar-refractivity contribution in [1.29, 1.82) is 0 Å². The molecule has 2 aromatic carbocycles. The minimum absolute atomic E-state index is 0. The van der Waals surface area contributed by atoms with E-state index in [1.165, 1.54) is 27.1 Å².